The van der Waals surface area contributed by atoms with Gasteiger partial charge in [0.05, 0.1) is 4.88 Å². The van der Waals surface area contributed by atoms with E-state index >= 15 is 0 Å². The number of benzene rings is 1. The molecule has 0 spiro atoms. The van der Waals surface area contributed by atoms with Gasteiger partial charge in [-0.15, -0.1) is 0 Å². The number of Topliss-reactive ketones (excluding diaryl/α,β-unsaturated/α-hetero) is 1. The van der Waals surface area contributed by atoms with E-state index in [-0.39, 0.29) is 17.3 Å². The Morgan fingerprint density at radius 3 is 2.50 bits per heavy atom. The van der Waals surface area contributed by atoms with E-state index in [0.29, 0.717) is 5.13 Å². The fourth-order valence-electron chi connectivity index (χ4n) is 1.88. The fraction of sp³-hybridized carbons (Fsp3) is 0.0625. The lowest BCUT2D eigenvalue weighted by Gasteiger charge is -1.98. The number of anilines is 1. The lowest BCUT2D eigenvalue weighted by atomic mass is 10.2. The maximum atomic E-state index is 12.0. The summed E-state index contributed by atoms with van der Waals surface area (Å²) in [6.07, 6.45) is 1.71. The lowest BCUT2D eigenvalue weighted by molar-refractivity contribution is 0.0969. The molecule has 3 aromatic rings. The number of furan rings is 1. The largest absolute Gasteiger partial charge is 0.448 e. The van der Waals surface area contributed by atoms with Crippen molar-refractivity contribution >= 4 is 28.2 Å². The molecule has 5 nitrogen and oxygen atoms in total. The van der Waals surface area contributed by atoms with Crippen molar-refractivity contribution in [3.63, 3.8) is 0 Å². The van der Waals surface area contributed by atoms with Crippen LogP contribution in [0.5, 0.6) is 0 Å². The van der Waals surface area contributed by atoms with Crippen molar-refractivity contribution in [1.82, 2.24) is 4.98 Å². The van der Waals surface area contributed by atoms with Crippen molar-refractivity contribution in [3.8, 4) is 10.4 Å². The van der Waals surface area contributed by atoms with E-state index in [1.165, 1.54) is 30.4 Å². The smallest absolute Gasteiger partial charge is 0.293 e. The average Bonchev–Trinajstić information content (AvgIpc) is 3.17. The van der Waals surface area contributed by atoms with Gasteiger partial charge < -0.3 is 4.42 Å². The van der Waals surface area contributed by atoms with Gasteiger partial charge in [0.2, 0.25) is 0 Å². The van der Waals surface area contributed by atoms with Gasteiger partial charge in [-0.05, 0) is 17.7 Å². The molecule has 1 N–H and O–H groups in total. The molecular weight excluding hydrogens is 300 g/mol. The van der Waals surface area contributed by atoms with Crippen molar-refractivity contribution in [2.24, 2.45) is 0 Å². The van der Waals surface area contributed by atoms with Crippen LogP contribution in [0.2, 0.25) is 0 Å². The minimum Gasteiger partial charge on any atom is -0.448 e. The van der Waals surface area contributed by atoms with Crippen molar-refractivity contribution in [3.05, 3.63) is 60.2 Å². The van der Waals surface area contributed by atoms with Crippen molar-refractivity contribution < 1.29 is 14.0 Å². The number of carbonyl (C=O) groups is 2. The monoisotopic (exact) mass is 312 g/mol. The summed E-state index contributed by atoms with van der Waals surface area (Å²) in [4.78, 5) is 28.3. The molecule has 0 unspecified atom stereocenters. The van der Waals surface area contributed by atoms with Gasteiger partial charge in [-0.3, -0.25) is 14.9 Å². The molecule has 0 saturated heterocycles. The summed E-state index contributed by atoms with van der Waals surface area (Å²) in [7, 11) is 0. The van der Waals surface area contributed by atoms with Gasteiger partial charge in [0.15, 0.2) is 22.4 Å². The van der Waals surface area contributed by atoms with Gasteiger partial charge in [0.25, 0.3) is 5.91 Å². The molecule has 1 aromatic carbocycles. The lowest BCUT2D eigenvalue weighted by Crippen LogP contribution is -2.10. The van der Waals surface area contributed by atoms with Gasteiger partial charge >= 0.3 is 0 Å². The maximum absolute atomic E-state index is 12.0. The molecule has 110 valence electrons. The summed E-state index contributed by atoms with van der Waals surface area (Å²) in [6.45, 7) is 1.38. The highest BCUT2D eigenvalue weighted by Gasteiger charge is 2.15. The van der Waals surface area contributed by atoms with Crippen LogP contribution >= 0.6 is 11.3 Å². The number of amides is 1. The zero-order valence-corrected chi connectivity index (χ0v) is 12.5. The standard InChI is InChI=1S/C16H12N2O3S/c1-10(19)12-7-8-13(21-12)15(20)18-16-17-9-14(22-16)11-5-3-2-4-6-11/h2-9H,1H3,(H,17,18,20). The Kier molecular flexibility index (Phi) is 3.84. The molecule has 2 heterocycles. The molecule has 0 aliphatic heterocycles. The minimum atomic E-state index is -0.429. The predicted octanol–water partition coefficient (Wildman–Crippen LogP) is 3.86. The average molecular weight is 312 g/mol. The highest BCUT2D eigenvalue weighted by Crippen LogP contribution is 2.28. The summed E-state index contributed by atoms with van der Waals surface area (Å²) in [5.41, 5.74) is 1.04. The third-order valence-electron chi connectivity index (χ3n) is 2.96. The molecule has 3 rings (SSSR count). The van der Waals surface area contributed by atoms with Crippen LogP contribution < -0.4 is 5.32 Å². The number of rotatable bonds is 4. The number of hydrogen-bond acceptors (Lipinski definition) is 5. The van der Waals surface area contributed by atoms with Crippen LogP contribution in [0, 0.1) is 0 Å². The number of aromatic nitrogens is 1. The molecular formula is C16H12N2O3S. The van der Waals surface area contributed by atoms with E-state index in [1.54, 1.807) is 6.20 Å². The molecule has 22 heavy (non-hydrogen) atoms. The van der Waals surface area contributed by atoms with Crippen LogP contribution in [-0.2, 0) is 0 Å². The predicted molar refractivity (Wildman–Crippen MR) is 84.2 cm³/mol. The van der Waals surface area contributed by atoms with Crippen LogP contribution in [0.4, 0.5) is 5.13 Å². The van der Waals surface area contributed by atoms with E-state index in [1.807, 2.05) is 30.3 Å². The molecule has 0 saturated carbocycles. The maximum Gasteiger partial charge on any atom is 0.293 e. The fourth-order valence-corrected chi connectivity index (χ4v) is 2.69. The van der Waals surface area contributed by atoms with E-state index in [2.05, 4.69) is 10.3 Å². The highest BCUT2D eigenvalue weighted by atomic mass is 32.1. The van der Waals surface area contributed by atoms with Crippen LogP contribution in [-0.4, -0.2) is 16.7 Å². The molecule has 0 fully saturated rings. The van der Waals surface area contributed by atoms with Crippen molar-refractivity contribution in [2.45, 2.75) is 6.92 Å². The summed E-state index contributed by atoms with van der Waals surface area (Å²) >= 11 is 1.37. The number of nitrogens with zero attached hydrogens (tertiary/aromatic N) is 1. The SMILES string of the molecule is CC(=O)c1ccc(C(=O)Nc2ncc(-c3ccccc3)s2)o1. The first-order valence-corrected chi connectivity index (χ1v) is 7.38. The van der Waals surface area contributed by atoms with Gasteiger partial charge in [-0.2, -0.15) is 0 Å². The molecule has 1 amide bonds. The number of nitrogens with one attached hydrogen (secondary N) is 1. The van der Waals surface area contributed by atoms with Crippen molar-refractivity contribution in [2.75, 3.05) is 5.32 Å². The van der Waals surface area contributed by atoms with E-state index < -0.39 is 5.91 Å². The second kappa shape index (κ2) is 5.95. The summed E-state index contributed by atoms with van der Waals surface area (Å²) in [6, 6.07) is 12.7. The Morgan fingerprint density at radius 1 is 1.09 bits per heavy atom. The first kappa shape index (κ1) is 14.2. The molecule has 0 radical (unpaired) electrons. The van der Waals surface area contributed by atoms with Crippen LogP contribution in [0.15, 0.2) is 53.1 Å². The Hall–Kier alpha value is -2.73. The third-order valence-corrected chi connectivity index (χ3v) is 3.92. The second-order valence-corrected chi connectivity index (χ2v) is 5.60. The Balaban J connectivity index is 1.74. The summed E-state index contributed by atoms with van der Waals surface area (Å²) in [5.74, 6) is -0.406. The first-order valence-electron chi connectivity index (χ1n) is 6.57. The highest BCUT2D eigenvalue weighted by molar-refractivity contribution is 7.19. The van der Waals surface area contributed by atoms with Crippen LogP contribution in [0.1, 0.15) is 28.0 Å². The Bertz CT molecular complexity index is 821. The van der Waals surface area contributed by atoms with E-state index in [0.717, 1.165) is 10.4 Å². The van der Waals surface area contributed by atoms with Gasteiger partial charge in [0, 0.05) is 13.1 Å². The van der Waals surface area contributed by atoms with Gasteiger partial charge in [-0.1, -0.05) is 41.7 Å². The summed E-state index contributed by atoms with van der Waals surface area (Å²) < 4.78 is 5.19. The molecule has 0 atom stereocenters. The first-order chi connectivity index (χ1) is 10.6. The van der Waals surface area contributed by atoms with Crippen LogP contribution in [0.25, 0.3) is 10.4 Å². The van der Waals surface area contributed by atoms with Crippen molar-refractivity contribution in [1.29, 1.82) is 0 Å². The minimum absolute atomic E-state index is 0.0849. The van der Waals surface area contributed by atoms with Gasteiger partial charge in [0.1, 0.15) is 0 Å². The zero-order chi connectivity index (χ0) is 15.5. The molecule has 2 aromatic heterocycles. The summed E-state index contributed by atoms with van der Waals surface area (Å²) in [5, 5.41) is 3.14. The number of hydrogen-bond donors (Lipinski definition) is 1. The topological polar surface area (TPSA) is 72.2 Å². The number of thiazole rings is 1. The third kappa shape index (κ3) is 2.96. The molecule has 0 aliphatic carbocycles. The second-order valence-electron chi connectivity index (χ2n) is 4.57. The van der Waals surface area contributed by atoms with E-state index in [9.17, 15) is 9.59 Å². The molecule has 0 bridgehead atoms. The number of ketones is 1. The van der Waals surface area contributed by atoms with Crippen LogP contribution in [0.3, 0.4) is 0 Å². The number of carbonyl (C=O) groups excluding carboxylic acids is 2. The van der Waals surface area contributed by atoms with Gasteiger partial charge in [-0.25, -0.2) is 4.98 Å². The molecule has 0 aliphatic rings. The quantitative estimate of drug-likeness (QED) is 0.743. The Morgan fingerprint density at radius 2 is 1.82 bits per heavy atom. The Labute approximate surface area is 130 Å². The normalized spacial score (nSPS) is 10.4. The zero-order valence-electron chi connectivity index (χ0n) is 11.7. The molecule has 6 heteroatoms. The van der Waals surface area contributed by atoms with E-state index in [4.69, 9.17) is 4.42 Å².